The molecule has 4 nitrogen and oxygen atoms in total. The van der Waals surface area contributed by atoms with Crippen LogP contribution in [-0.4, -0.2) is 40.1 Å². The van der Waals surface area contributed by atoms with Crippen LogP contribution in [0.3, 0.4) is 0 Å². The Balaban J connectivity index is 1.89. The number of likely N-dealkylation sites (tertiary alicyclic amines) is 1. The van der Waals surface area contributed by atoms with Gasteiger partial charge in [0.25, 0.3) is 0 Å². The summed E-state index contributed by atoms with van der Waals surface area (Å²) in [6, 6.07) is 0.459. The van der Waals surface area contributed by atoms with Crippen LogP contribution in [0, 0.1) is 5.92 Å². The molecule has 0 N–H and O–H groups in total. The van der Waals surface area contributed by atoms with Gasteiger partial charge in [0, 0.05) is 31.6 Å². The van der Waals surface area contributed by atoms with Gasteiger partial charge in [-0.1, -0.05) is 27.7 Å². The molecule has 1 fully saturated rings. The molecule has 4 heteroatoms. The fourth-order valence-electron chi connectivity index (χ4n) is 2.86. The predicted octanol–water partition coefficient (Wildman–Crippen LogP) is 3.26. The van der Waals surface area contributed by atoms with Gasteiger partial charge in [0.15, 0.2) is 0 Å². The van der Waals surface area contributed by atoms with E-state index in [1.807, 2.05) is 20.0 Å². The quantitative estimate of drug-likeness (QED) is 0.807. The Morgan fingerprint density at radius 3 is 2.76 bits per heavy atom. The molecule has 118 valence electrons. The van der Waals surface area contributed by atoms with Crippen molar-refractivity contribution in [1.29, 1.82) is 0 Å². The van der Waals surface area contributed by atoms with Crippen LogP contribution in [0.25, 0.3) is 0 Å². The summed E-state index contributed by atoms with van der Waals surface area (Å²) in [5.74, 6) is 1.06. The highest BCUT2D eigenvalue weighted by Crippen LogP contribution is 2.23. The van der Waals surface area contributed by atoms with Crippen molar-refractivity contribution >= 4 is 5.78 Å². The van der Waals surface area contributed by atoms with E-state index in [1.54, 1.807) is 0 Å². The van der Waals surface area contributed by atoms with Crippen LogP contribution in [0.1, 0.15) is 64.5 Å². The number of piperidine rings is 1. The molecule has 1 unspecified atom stereocenters. The molecule has 2 rings (SSSR count). The monoisotopic (exact) mass is 291 g/mol. The minimum atomic E-state index is 0.158. The molecule has 0 aliphatic carbocycles. The first-order valence-corrected chi connectivity index (χ1v) is 8.26. The van der Waals surface area contributed by atoms with Gasteiger partial charge in [-0.2, -0.15) is 5.10 Å². The van der Waals surface area contributed by atoms with Crippen LogP contribution < -0.4 is 0 Å². The molecule has 1 aromatic rings. The Labute approximate surface area is 128 Å². The summed E-state index contributed by atoms with van der Waals surface area (Å²) in [4.78, 5) is 14.2. The number of Topliss-reactive ketones (excluding diaryl/α,β-unsaturated/α-hetero) is 1. The average molecular weight is 291 g/mol. The lowest BCUT2D eigenvalue weighted by Crippen LogP contribution is -2.38. The zero-order valence-electron chi connectivity index (χ0n) is 13.9. The van der Waals surface area contributed by atoms with Crippen molar-refractivity contribution in [1.82, 2.24) is 14.7 Å². The molecule has 21 heavy (non-hydrogen) atoms. The maximum absolute atomic E-state index is 11.8. The smallest absolute Gasteiger partial charge is 0.136 e. The van der Waals surface area contributed by atoms with Crippen LogP contribution in [0.5, 0.6) is 0 Å². The second-order valence-corrected chi connectivity index (χ2v) is 6.88. The Morgan fingerprint density at radius 1 is 1.38 bits per heavy atom. The summed E-state index contributed by atoms with van der Waals surface area (Å²) >= 11 is 0. The van der Waals surface area contributed by atoms with Gasteiger partial charge in [0.2, 0.25) is 0 Å². The van der Waals surface area contributed by atoms with Crippen molar-refractivity contribution in [3.8, 4) is 0 Å². The highest BCUT2D eigenvalue weighted by molar-refractivity contribution is 5.80. The highest BCUT2D eigenvalue weighted by Gasteiger charge is 2.22. The molecular weight excluding hydrogens is 262 g/mol. The van der Waals surface area contributed by atoms with E-state index >= 15 is 0 Å². The fourth-order valence-corrected chi connectivity index (χ4v) is 2.86. The molecule has 0 radical (unpaired) electrons. The van der Waals surface area contributed by atoms with Crippen LogP contribution in [-0.2, 0) is 4.79 Å². The molecule has 0 amide bonds. The van der Waals surface area contributed by atoms with Crippen molar-refractivity contribution in [2.75, 3.05) is 19.6 Å². The molecule has 0 bridgehead atoms. The third-order valence-corrected chi connectivity index (χ3v) is 4.46. The van der Waals surface area contributed by atoms with Crippen LogP contribution >= 0.6 is 0 Å². The second-order valence-electron chi connectivity index (χ2n) is 6.88. The lowest BCUT2D eigenvalue weighted by molar-refractivity contribution is -0.122. The minimum absolute atomic E-state index is 0.158. The molecule has 1 aromatic heterocycles. The van der Waals surface area contributed by atoms with Crippen molar-refractivity contribution < 1.29 is 4.79 Å². The summed E-state index contributed by atoms with van der Waals surface area (Å²) in [5.41, 5.74) is 1.31. The van der Waals surface area contributed by atoms with E-state index in [2.05, 4.69) is 34.7 Å². The summed E-state index contributed by atoms with van der Waals surface area (Å²) in [7, 11) is 0. The molecular formula is C17H29N3O. The molecule has 0 saturated carbocycles. The van der Waals surface area contributed by atoms with Gasteiger partial charge in [0.05, 0.1) is 12.2 Å². The van der Waals surface area contributed by atoms with Gasteiger partial charge in [-0.15, -0.1) is 0 Å². The van der Waals surface area contributed by atoms with Crippen molar-refractivity contribution in [3.63, 3.8) is 0 Å². The van der Waals surface area contributed by atoms with E-state index in [-0.39, 0.29) is 5.92 Å². The lowest BCUT2D eigenvalue weighted by atomic mass is 10.0. The molecule has 2 heterocycles. The van der Waals surface area contributed by atoms with Gasteiger partial charge in [-0.3, -0.25) is 9.48 Å². The standard InChI is InChI=1S/C17H29N3O/c1-13(2)15-10-18-20(11-15)16-6-5-8-19(12-16)9-7-17(21)14(3)4/h10-11,13-14,16H,5-9,12H2,1-4H3. The molecule has 0 spiro atoms. The largest absolute Gasteiger partial charge is 0.301 e. The number of carbonyl (C=O) groups is 1. The Morgan fingerprint density at radius 2 is 2.14 bits per heavy atom. The topological polar surface area (TPSA) is 38.1 Å². The summed E-state index contributed by atoms with van der Waals surface area (Å²) < 4.78 is 2.13. The van der Waals surface area contributed by atoms with Crippen LogP contribution in [0.2, 0.25) is 0 Å². The van der Waals surface area contributed by atoms with Gasteiger partial charge >= 0.3 is 0 Å². The Bertz CT molecular complexity index is 464. The van der Waals surface area contributed by atoms with Crippen molar-refractivity contribution in [3.05, 3.63) is 18.0 Å². The summed E-state index contributed by atoms with van der Waals surface area (Å²) in [6.07, 6.45) is 7.25. The third-order valence-electron chi connectivity index (χ3n) is 4.46. The average Bonchev–Trinajstić information content (AvgIpc) is 2.95. The first-order valence-electron chi connectivity index (χ1n) is 8.26. The predicted molar refractivity (Wildman–Crippen MR) is 85.5 cm³/mol. The summed E-state index contributed by atoms with van der Waals surface area (Å²) in [6.45, 7) is 11.4. The first kappa shape index (κ1) is 16.2. The zero-order valence-corrected chi connectivity index (χ0v) is 13.9. The fraction of sp³-hybridized carbons (Fsp3) is 0.765. The van der Waals surface area contributed by atoms with E-state index in [1.165, 1.54) is 18.4 Å². The normalized spacial score (nSPS) is 20.4. The number of hydrogen-bond donors (Lipinski definition) is 0. The highest BCUT2D eigenvalue weighted by atomic mass is 16.1. The molecule has 0 aromatic carbocycles. The number of hydrogen-bond acceptors (Lipinski definition) is 3. The molecule has 1 saturated heterocycles. The summed E-state index contributed by atoms with van der Waals surface area (Å²) in [5, 5.41) is 4.54. The minimum Gasteiger partial charge on any atom is -0.301 e. The number of carbonyl (C=O) groups excluding carboxylic acids is 1. The van der Waals surface area contributed by atoms with E-state index in [9.17, 15) is 4.79 Å². The van der Waals surface area contributed by atoms with Gasteiger partial charge < -0.3 is 4.90 Å². The second kappa shape index (κ2) is 7.21. The zero-order chi connectivity index (χ0) is 15.4. The van der Waals surface area contributed by atoms with E-state index < -0.39 is 0 Å². The van der Waals surface area contributed by atoms with Crippen LogP contribution in [0.4, 0.5) is 0 Å². The maximum Gasteiger partial charge on any atom is 0.136 e. The molecule has 1 aliphatic heterocycles. The van der Waals surface area contributed by atoms with E-state index in [0.29, 0.717) is 24.2 Å². The van der Waals surface area contributed by atoms with Crippen molar-refractivity contribution in [2.45, 2.75) is 58.9 Å². The van der Waals surface area contributed by atoms with Gasteiger partial charge in [0.1, 0.15) is 5.78 Å². The first-order chi connectivity index (χ1) is 9.97. The molecule has 1 aliphatic rings. The SMILES string of the molecule is CC(C)C(=O)CCN1CCCC(n2cc(C(C)C)cn2)C1. The third kappa shape index (κ3) is 4.40. The molecule has 1 atom stereocenters. The van der Waals surface area contributed by atoms with Gasteiger partial charge in [-0.05, 0) is 30.9 Å². The van der Waals surface area contributed by atoms with E-state index in [0.717, 1.165) is 19.6 Å². The maximum atomic E-state index is 11.8. The van der Waals surface area contributed by atoms with Crippen molar-refractivity contribution in [2.24, 2.45) is 5.92 Å². The lowest BCUT2D eigenvalue weighted by Gasteiger charge is -2.32. The van der Waals surface area contributed by atoms with Gasteiger partial charge in [-0.25, -0.2) is 0 Å². The number of rotatable bonds is 6. The van der Waals surface area contributed by atoms with Crippen LogP contribution in [0.15, 0.2) is 12.4 Å². The Hall–Kier alpha value is -1.16. The van der Waals surface area contributed by atoms with E-state index in [4.69, 9.17) is 0 Å². The Kier molecular flexibility index (Phi) is 5.57. The number of nitrogens with zero attached hydrogens (tertiary/aromatic N) is 3. The number of aromatic nitrogens is 2. The number of ketones is 1.